The number of fused-ring (bicyclic) bond motifs is 1. The van der Waals surface area contributed by atoms with Gasteiger partial charge in [0.25, 0.3) is 0 Å². The van der Waals surface area contributed by atoms with E-state index in [9.17, 15) is 0 Å². The highest BCUT2D eigenvalue weighted by Gasteiger charge is 2.21. The Labute approximate surface area is 118 Å². The summed E-state index contributed by atoms with van der Waals surface area (Å²) in [6.07, 6.45) is 3.42. The molecule has 1 N–H and O–H groups in total. The van der Waals surface area contributed by atoms with Crippen LogP contribution in [-0.4, -0.2) is 17.2 Å². The first kappa shape index (κ1) is 13.1. The molecule has 1 aliphatic rings. The van der Waals surface area contributed by atoms with Crippen molar-refractivity contribution in [2.45, 2.75) is 38.8 Å². The van der Waals surface area contributed by atoms with E-state index in [2.05, 4.69) is 21.5 Å². The fraction of sp³-hybridized carbons (Fsp3) is 0.467. The zero-order chi connectivity index (χ0) is 13.9. The van der Waals surface area contributed by atoms with Gasteiger partial charge in [-0.2, -0.15) is 4.98 Å². The summed E-state index contributed by atoms with van der Waals surface area (Å²) >= 11 is 0. The number of hydrogen-bond acceptors (Lipinski definition) is 5. The van der Waals surface area contributed by atoms with Crippen LogP contribution in [0.15, 0.2) is 22.7 Å². The molecule has 0 fully saturated rings. The van der Waals surface area contributed by atoms with Crippen LogP contribution < -0.4 is 10.1 Å². The molecule has 5 heteroatoms. The molecule has 0 saturated carbocycles. The Bertz CT molecular complexity index is 595. The topological polar surface area (TPSA) is 60.2 Å². The van der Waals surface area contributed by atoms with E-state index in [4.69, 9.17) is 9.26 Å². The normalized spacial score (nSPS) is 17.8. The molecule has 0 bridgehead atoms. The molecule has 0 radical (unpaired) electrons. The molecule has 1 heterocycles. The van der Waals surface area contributed by atoms with Crippen molar-refractivity contribution >= 4 is 0 Å². The number of nitrogens with zero attached hydrogens (tertiary/aromatic N) is 2. The molecule has 3 rings (SSSR count). The molecular formula is C15H19N3O2. The highest BCUT2D eigenvalue weighted by molar-refractivity contribution is 5.43. The summed E-state index contributed by atoms with van der Waals surface area (Å²) in [5, 5.41) is 7.22. The summed E-state index contributed by atoms with van der Waals surface area (Å²) in [7, 11) is 2.01. The van der Waals surface area contributed by atoms with Crippen molar-refractivity contribution in [1.82, 2.24) is 15.5 Å². The van der Waals surface area contributed by atoms with E-state index in [1.54, 1.807) is 6.92 Å². The minimum Gasteiger partial charge on any atom is -0.485 e. The van der Waals surface area contributed by atoms with Crippen LogP contribution in [0.3, 0.4) is 0 Å². The van der Waals surface area contributed by atoms with Gasteiger partial charge in [-0.15, -0.1) is 0 Å². The molecule has 20 heavy (non-hydrogen) atoms. The second-order valence-corrected chi connectivity index (χ2v) is 5.08. The quantitative estimate of drug-likeness (QED) is 0.927. The maximum Gasteiger partial charge on any atom is 0.223 e. The van der Waals surface area contributed by atoms with Gasteiger partial charge in [0.2, 0.25) is 11.7 Å². The smallest absolute Gasteiger partial charge is 0.223 e. The molecule has 0 amide bonds. The third kappa shape index (κ3) is 2.54. The lowest BCUT2D eigenvalue weighted by Crippen LogP contribution is -2.22. The second kappa shape index (κ2) is 5.63. The van der Waals surface area contributed by atoms with E-state index in [1.165, 1.54) is 24.0 Å². The molecule has 1 aliphatic carbocycles. The van der Waals surface area contributed by atoms with Crippen LogP contribution in [0, 0.1) is 6.92 Å². The summed E-state index contributed by atoms with van der Waals surface area (Å²) in [5.74, 6) is 2.08. The molecule has 106 valence electrons. The zero-order valence-electron chi connectivity index (χ0n) is 11.8. The van der Waals surface area contributed by atoms with Gasteiger partial charge in [-0.1, -0.05) is 17.3 Å². The SMILES string of the molecule is CNC1CCCc2c(OCc3noc(C)n3)cccc21. The first-order valence-corrected chi connectivity index (χ1v) is 6.99. The molecule has 0 saturated heterocycles. The fourth-order valence-corrected chi connectivity index (χ4v) is 2.79. The van der Waals surface area contributed by atoms with Gasteiger partial charge >= 0.3 is 0 Å². The molecule has 2 aromatic rings. The van der Waals surface area contributed by atoms with Gasteiger partial charge in [0.1, 0.15) is 5.75 Å². The Hall–Kier alpha value is -1.88. The molecular weight excluding hydrogens is 254 g/mol. The minimum atomic E-state index is 0.345. The van der Waals surface area contributed by atoms with Gasteiger partial charge < -0.3 is 14.6 Å². The maximum atomic E-state index is 5.88. The number of ether oxygens (including phenoxy) is 1. The van der Waals surface area contributed by atoms with Crippen molar-refractivity contribution in [3.05, 3.63) is 41.0 Å². The number of rotatable bonds is 4. The van der Waals surface area contributed by atoms with Crippen LogP contribution in [0.25, 0.3) is 0 Å². The lowest BCUT2D eigenvalue weighted by Gasteiger charge is -2.26. The minimum absolute atomic E-state index is 0.345. The summed E-state index contributed by atoms with van der Waals surface area (Å²) in [6, 6.07) is 6.67. The van der Waals surface area contributed by atoms with Crippen molar-refractivity contribution in [3.63, 3.8) is 0 Å². The van der Waals surface area contributed by atoms with Crippen molar-refractivity contribution in [2.24, 2.45) is 0 Å². The van der Waals surface area contributed by atoms with Gasteiger partial charge in [-0.25, -0.2) is 0 Å². The number of aryl methyl sites for hydroxylation is 1. The summed E-state index contributed by atoms with van der Waals surface area (Å²) in [6.45, 7) is 2.12. The van der Waals surface area contributed by atoms with Crippen LogP contribution in [0.1, 0.15) is 41.7 Å². The molecule has 1 atom stereocenters. The fourth-order valence-electron chi connectivity index (χ4n) is 2.79. The monoisotopic (exact) mass is 273 g/mol. The van der Waals surface area contributed by atoms with Crippen molar-refractivity contribution in [1.29, 1.82) is 0 Å². The van der Waals surface area contributed by atoms with Gasteiger partial charge in [-0.05, 0) is 43.5 Å². The lowest BCUT2D eigenvalue weighted by atomic mass is 9.87. The summed E-state index contributed by atoms with van der Waals surface area (Å²) < 4.78 is 10.8. The van der Waals surface area contributed by atoms with Gasteiger partial charge in [0.05, 0.1) is 0 Å². The van der Waals surface area contributed by atoms with Gasteiger partial charge in [0.15, 0.2) is 6.61 Å². The Balaban J connectivity index is 1.80. The Morgan fingerprint density at radius 2 is 2.35 bits per heavy atom. The summed E-state index contributed by atoms with van der Waals surface area (Å²) in [4.78, 5) is 4.15. The molecule has 1 aromatic heterocycles. The molecule has 1 unspecified atom stereocenters. The zero-order valence-corrected chi connectivity index (χ0v) is 11.8. The highest BCUT2D eigenvalue weighted by atomic mass is 16.5. The molecule has 5 nitrogen and oxygen atoms in total. The summed E-state index contributed by atoms with van der Waals surface area (Å²) in [5.41, 5.74) is 2.65. The van der Waals surface area contributed by atoms with Crippen molar-refractivity contribution < 1.29 is 9.26 Å². The van der Waals surface area contributed by atoms with E-state index in [0.29, 0.717) is 24.4 Å². The van der Waals surface area contributed by atoms with Crippen LogP contribution >= 0.6 is 0 Å². The van der Waals surface area contributed by atoms with E-state index in [0.717, 1.165) is 12.2 Å². The van der Waals surface area contributed by atoms with E-state index in [-0.39, 0.29) is 0 Å². The number of nitrogens with one attached hydrogen (secondary N) is 1. The van der Waals surface area contributed by atoms with Gasteiger partial charge in [0, 0.05) is 13.0 Å². The standard InChI is InChI=1S/C15H19N3O2/c1-10-17-15(18-20-10)9-19-14-8-4-5-11-12(14)6-3-7-13(11)16-2/h4-5,8,13,16H,3,6-7,9H2,1-2H3. The maximum absolute atomic E-state index is 5.88. The molecule has 0 aliphatic heterocycles. The van der Waals surface area contributed by atoms with Crippen LogP contribution in [-0.2, 0) is 13.0 Å². The third-order valence-corrected chi connectivity index (χ3v) is 3.74. The first-order valence-electron chi connectivity index (χ1n) is 6.99. The van der Waals surface area contributed by atoms with Crippen LogP contribution in [0.5, 0.6) is 5.75 Å². The Kier molecular flexibility index (Phi) is 3.69. The number of benzene rings is 1. The predicted molar refractivity (Wildman–Crippen MR) is 74.5 cm³/mol. The van der Waals surface area contributed by atoms with Crippen LogP contribution in [0.4, 0.5) is 0 Å². The lowest BCUT2D eigenvalue weighted by molar-refractivity contribution is 0.280. The van der Waals surface area contributed by atoms with E-state index in [1.807, 2.05) is 19.2 Å². The molecule has 1 aromatic carbocycles. The van der Waals surface area contributed by atoms with E-state index >= 15 is 0 Å². The Morgan fingerprint density at radius 1 is 1.45 bits per heavy atom. The number of aromatic nitrogens is 2. The van der Waals surface area contributed by atoms with Crippen LogP contribution in [0.2, 0.25) is 0 Å². The molecule has 0 spiro atoms. The average Bonchev–Trinajstić information content (AvgIpc) is 2.90. The first-order chi connectivity index (χ1) is 9.78. The number of hydrogen-bond donors (Lipinski definition) is 1. The Morgan fingerprint density at radius 3 is 3.10 bits per heavy atom. The largest absolute Gasteiger partial charge is 0.485 e. The van der Waals surface area contributed by atoms with Crippen molar-refractivity contribution in [2.75, 3.05) is 7.05 Å². The van der Waals surface area contributed by atoms with Gasteiger partial charge in [-0.3, -0.25) is 0 Å². The highest BCUT2D eigenvalue weighted by Crippen LogP contribution is 2.35. The average molecular weight is 273 g/mol. The third-order valence-electron chi connectivity index (χ3n) is 3.74. The van der Waals surface area contributed by atoms with E-state index < -0.39 is 0 Å². The second-order valence-electron chi connectivity index (χ2n) is 5.08. The van der Waals surface area contributed by atoms with Crippen molar-refractivity contribution in [3.8, 4) is 5.75 Å². The predicted octanol–water partition coefficient (Wildman–Crippen LogP) is 2.55.